The summed E-state index contributed by atoms with van der Waals surface area (Å²) in [5, 5.41) is 0. The molecule has 1 N–H and O–H groups in total. The zero-order chi connectivity index (χ0) is 10.8. The van der Waals surface area contributed by atoms with E-state index >= 15 is 0 Å². The van der Waals surface area contributed by atoms with Crippen molar-refractivity contribution in [1.29, 1.82) is 0 Å². The van der Waals surface area contributed by atoms with E-state index in [-0.39, 0.29) is 0 Å². The van der Waals surface area contributed by atoms with Crippen LogP contribution in [0.15, 0.2) is 0 Å². The van der Waals surface area contributed by atoms with E-state index in [9.17, 15) is 0 Å². The van der Waals surface area contributed by atoms with E-state index in [1.807, 2.05) is 0 Å². The van der Waals surface area contributed by atoms with Crippen molar-refractivity contribution in [2.24, 2.45) is 0 Å². The molecule has 1 fully saturated rings. The number of rotatable bonds is 3. The number of nitrogens with zero attached hydrogens (tertiary/aromatic N) is 1. The Bertz CT molecular complexity index is 188. The first-order chi connectivity index (χ1) is 6.42. The summed E-state index contributed by atoms with van der Waals surface area (Å²) >= 11 is 0. The average molecular weight is 244 g/mol. The van der Waals surface area contributed by atoms with Gasteiger partial charge in [0, 0.05) is 0 Å². The summed E-state index contributed by atoms with van der Waals surface area (Å²) in [6.45, 7) is 12.6. The molecule has 5 heteroatoms. The van der Waals surface area contributed by atoms with Gasteiger partial charge in [-0.25, -0.2) is 0 Å². The maximum absolute atomic E-state index is 3.54. The minimum Gasteiger partial charge on any atom is -0.364 e. The van der Waals surface area contributed by atoms with Crippen molar-refractivity contribution in [2.45, 2.75) is 45.5 Å². The number of hydrogen-bond acceptors (Lipinski definition) is 2. The van der Waals surface area contributed by atoms with Gasteiger partial charge in [-0.1, -0.05) is 32.6 Å². The lowest BCUT2D eigenvalue weighted by molar-refractivity contribution is 0.349. The number of nitrogens with one attached hydrogen (secondary N) is 1. The van der Waals surface area contributed by atoms with Crippen molar-refractivity contribution in [3.05, 3.63) is 0 Å². The lowest BCUT2D eigenvalue weighted by atomic mass is 10.2. The standard InChI is InChI=1S/C9H23N2Si3/c1-13(2,10-12)14(3,4)11-8-6-5-7-9-11/h10H,5-9H2,1-4H3. The van der Waals surface area contributed by atoms with Crippen molar-refractivity contribution in [3.63, 3.8) is 0 Å². The van der Waals surface area contributed by atoms with Crippen molar-refractivity contribution in [1.82, 2.24) is 9.21 Å². The predicted octanol–water partition coefficient (Wildman–Crippen LogP) is 1.63. The summed E-state index contributed by atoms with van der Waals surface area (Å²) in [4.78, 5) is 0. The van der Waals surface area contributed by atoms with Gasteiger partial charge >= 0.3 is 0 Å². The molecule has 1 aliphatic heterocycles. The maximum atomic E-state index is 3.54. The molecule has 0 spiro atoms. The van der Waals surface area contributed by atoms with Crippen LogP contribution in [-0.4, -0.2) is 43.6 Å². The molecule has 0 aliphatic carbocycles. The molecule has 81 valence electrons. The Hall–Kier alpha value is 0.571. The topological polar surface area (TPSA) is 15.3 Å². The van der Waals surface area contributed by atoms with E-state index in [1.54, 1.807) is 0 Å². The summed E-state index contributed by atoms with van der Waals surface area (Å²) in [5.41, 5.74) is 0. The Morgan fingerprint density at radius 2 is 1.50 bits per heavy atom. The van der Waals surface area contributed by atoms with Crippen LogP contribution in [0.5, 0.6) is 0 Å². The van der Waals surface area contributed by atoms with Gasteiger partial charge in [0.1, 0.15) is 25.9 Å². The van der Waals surface area contributed by atoms with Gasteiger partial charge in [-0.15, -0.1) is 0 Å². The van der Waals surface area contributed by atoms with Gasteiger partial charge in [0.25, 0.3) is 0 Å². The molecule has 0 aromatic rings. The first kappa shape index (κ1) is 12.6. The molecule has 0 saturated carbocycles. The average Bonchev–Trinajstić information content (AvgIpc) is 2.19. The normalized spacial score (nSPS) is 21.2. The highest BCUT2D eigenvalue weighted by Gasteiger charge is 2.44. The summed E-state index contributed by atoms with van der Waals surface area (Å²) in [5.74, 6) is 0. The first-order valence-electron chi connectivity index (χ1n) is 5.61. The molecule has 1 rings (SSSR count). The maximum Gasteiger partial charge on any atom is 0.132 e. The van der Waals surface area contributed by atoms with E-state index in [2.05, 4.69) is 45.8 Å². The van der Waals surface area contributed by atoms with Crippen LogP contribution in [0.2, 0.25) is 26.2 Å². The lowest BCUT2D eigenvalue weighted by Gasteiger charge is -2.47. The summed E-state index contributed by atoms with van der Waals surface area (Å²) in [7, 11) is 1.06. The summed E-state index contributed by atoms with van der Waals surface area (Å²) in [6.07, 6.45) is 4.25. The molecule has 2 nitrogen and oxygen atoms in total. The third-order valence-electron chi connectivity index (χ3n) is 3.99. The van der Waals surface area contributed by atoms with Crippen LogP contribution in [0.1, 0.15) is 19.3 Å². The van der Waals surface area contributed by atoms with Gasteiger partial charge in [0.2, 0.25) is 0 Å². The van der Waals surface area contributed by atoms with Gasteiger partial charge in [-0.05, 0) is 25.9 Å². The van der Waals surface area contributed by atoms with Crippen LogP contribution in [-0.2, 0) is 0 Å². The zero-order valence-corrected chi connectivity index (χ0v) is 13.0. The zero-order valence-electron chi connectivity index (χ0n) is 9.98. The molecule has 0 aromatic heterocycles. The van der Waals surface area contributed by atoms with Crippen LogP contribution in [0.3, 0.4) is 0 Å². The minimum atomic E-state index is -1.26. The Morgan fingerprint density at radius 1 is 1.00 bits per heavy atom. The van der Waals surface area contributed by atoms with Gasteiger partial charge in [0.15, 0.2) is 0 Å². The second-order valence-electron chi connectivity index (χ2n) is 5.36. The van der Waals surface area contributed by atoms with Crippen molar-refractivity contribution in [2.75, 3.05) is 13.1 Å². The van der Waals surface area contributed by atoms with Gasteiger partial charge in [-0.2, -0.15) is 0 Å². The first-order valence-corrected chi connectivity index (χ1v) is 13.1. The van der Waals surface area contributed by atoms with Gasteiger partial charge in [0.05, 0.1) is 0 Å². The molecule has 0 amide bonds. The quantitative estimate of drug-likeness (QED) is 0.758. The van der Waals surface area contributed by atoms with E-state index in [1.165, 1.54) is 32.4 Å². The third kappa shape index (κ3) is 2.38. The SMILES string of the molecule is C[Si](C)(N[Si])[Si](C)(C)N1CCCCC1. The fourth-order valence-electron chi connectivity index (χ4n) is 2.00. The Morgan fingerprint density at radius 3 is 1.93 bits per heavy atom. The lowest BCUT2D eigenvalue weighted by Crippen LogP contribution is -2.72. The molecule has 0 aromatic carbocycles. The molecular formula is C9H23N2Si3. The van der Waals surface area contributed by atoms with Crippen LogP contribution in [0, 0.1) is 0 Å². The van der Waals surface area contributed by atoms with Crippen LogP contribution < -0.4 is 4.65 Å². The highest BCUT2D eigenvalue weighted by molar-refractivity contribution is 7.39. The van der Waals surface area contributed by atoms with E-state index in [0.29, 0.717) is 0 Å². The van der Waals surface area contributed by atoms with Gasteiger partial charge in [-0.3, -0.25) is 0 Å². The molecule has 0 atom stereocenters. The molecule has 1 saturated heterocycles. The van der Waals surface area contributed by atoms with Crippen LogP contribution >= 0.6 is 0 Å². The largest absolute Gasteiger partial charge is 0.364 e. The van der Waals surface area contributed by atoms with Crippen molar-refractivity contribution >= 4 is 25.9 Å². The third-order valence-corrected chi connectivity index (χ3v) is 22.8. The number of piperidine rings is 1. The minimum absolute atomic E-state index is 1.22. The molecule has 1 heterocycles. The predicted molar refractivity (Wildman–Crippen MR) is 69.3 cm³/mol. The fourth-order valence-corrected chi connectivity index (χ4v) is 11.2. The Balaban J connectivity index is 2.71. The number of hydrogen-bond donors (Lipinski definition) is 1. The fraction of sp³-hybridized carbons (Fsp3) is 1.00. The van der Waals surface area contributed by atoms with Crippen molar-refractivity contribution in [3.8, 4) is 0 Å². The molecule has 0 unspecified atom stereocenters. The van der Waals surface area contributed by atoms with Gasteiger partial charge < -0.3 is 9.21 Å². The molecule has 1 aliphatic rings. The smallest absolute Gasteiger partial charge is 0.132 e. The summed E-state index contributed by atoms with van der Waals surface area (Å²) in [6, 6.07) is 0. The van der Waals surface area contributed by atoms with Crippen LogP contribution in [0.4, 0.5) is 0 Å². The van der Waals surface area contributed by atoms with Crippen LogP contribution in [0.25, 0.3) is 0 Å². The van der Waals surface area contributed by atoms with E-state index in [0.717, 1.165) is 0 Å². The Labute approximate surface area is 93.9 Å². The Kier molecular flexibility index (Phi) is 4.16. The molecule has 0 bridgehead atoms. The van der Waals surface area contributed by atoms with E-state index < -0.39 is 15.5 Å². The van der Waals surface area contributed by atoms with E-state index in [4.69, 9.17) is 0 Å². The molecule has 3 radical (unpaired) electrons. The second-order valence-corrected chi connectivity index (χ2v) is 20.8. The monoisotopic (exact) mass is 243 g/mol. The molecular weight excluding hydrogens is 220 g/mol. The second kappa shape index (κ2) is 4.61. The molecule has 14 heavy (non-hydrogen) atoms. The highest BCUT2D eigenvalue weighted by Crippen LogP contribution is 2.24. The highest BCUT2D eigenvalue weighted by atomic mass is 29.3. The van der Waals surface area contributed by atoms with Crippen molar-refractivity contribution < 1.29 is 0 Å². The summed E-state index contributed by atoms with van der Waals surface area (Å²) < 4.78 is 6.24.